The molecule has 1 aliphatic rings. The molecule has 3 aromatic rings. The molecule has 0 bridgehead atoms. The predicted molar refractivity (Wildman–Crippen MR) is 132 cm³/mol. The first-order valence-corrected chi connectivity index (χ1v) is 13.7. The molecular weight excluding hydrogens is 480 g/mol. The fraction of sp³-hybridized carbons (Fsp3) is 0.391. The number of halogens is 1. The lowest BCUT2D eigenvalue weighted by Gasteiger charge is -2.34. The van der Waals surface area contributed by atoms with Crippen molar-refractivity contribution >= 4 is 49.5 Å². The maximum absolute atomic E-state index is 12.8. The van der Waals surface area contributed by atoms with Crippen molar-refractivity contribution in [2.75, 3.05) is 39.0 Å². The summed E-state index contributed by atoms with van der Waals surface area (Å²) in [4.78, 5) is 22.3. The minimum Gasteiger partial charge on any atom is -0.340 e. The topological polar surface area (TPSA) is 75.0 Å². The van der Waals surface area contributed by atoms with Gasteiger partial charge in [0.25, 0.3) is 0 Å². The highest BCUT2D eigenvalue weighted by atomic mass is 35.5. The summed E-state index contributed by atoms with van der Waals surface area (Å²) in [6, 6.07) is 10.3. The fourth-order valence-electron chi connectivity index (χ4n) is 4.02. The molecule has 0 spiro atoms. The van der Waals surface area contributed by atoms with Crippen LogP contribution in [0, 0.1) is 0 Å². The van der Waals surface area contributed by atoms with Crippen LogP contribution in [0.4, 0.5) is 0 Å². The molecule has 10 heteroatoms. The van der Waals surface area contributed by atoms with Gasteiger partial charge < -0.3 is 9.47 Å². The first-order valence-electron chi connectivity index (χ1n) is 10.8. The summed E-state index contributed by atoms with van der Waals surface area (Å²) < 4.78 is 27.8. The Morgan fingerprint density at radius 2 is 1.79 bits per heavy atom. The number of rotatable bonds is 6. The van der Waals surface area contributed by atoms with E-state index in [4.69, 9.17) is 11.6 Å². The molecule has 0 radical (unpaired) electrons. The molecule has 0 N–H and O–H groups in total. The lowest BCUT2D eigenvalue weighted by atomic mass is 10.1. The Hall–Kier alpha value is -2.20. The van der Waals surface area contributed by atoms with Crippen LogP contribution in [0.15, 0.2) is 51.7 Å². The maximum Gasteiger partial charge on any atom is 0.223 e. The van der Waals surface area contributed by atoms with Gasteiger partial charge in [0.15, 0.2) is 14.6 Å². The molecule has 1 fully saturated rings. The monoisotopic (exact) mass is 506 g/mol. The van der Waals surface area contributed by atoms with E-state index in [2.05, 4.69) is 19.8 Å². The van der Waals surface area contributed by atoms with Gasteiger partial charge in [-0.15, -0.1) is 11.3 Å². The Morgan fingerprint density at radius 3 is 2.48 bits per heavy atom. The number of piperazine rings is 1. The zero-order valence-corrected chi connectivity index (χ0v) is 21.1. The van der Waals surface area contributed by atoms with Crippen LogP contribution in [0.1, 0.15) is 12.1 Å². The van der Waals surface area contributed by atoms with E-state index in [1.165, 1.54) is 5.69 Å². The molecule has 1 aromatic heterocycles. The number of hydrogen-bond acceptors (Lipinski definition) is 6. The first kappa shape index (κ1) is 23.9. The largest absolute Gasteiger partial charge is 0.340 e. The lowest BCUT2D eigenvalue weighted by molar-refractivity contribution is -0.132. The number of aromatic nitrogens is 1. The molecular formula is C23H27ClN4O3S2. The number of nitrogens with zero attached hydrogens (tertiary/aromatic N) is 4. The Kier molecular flexibility index (Phi) is 7.23. The molecule has 1 aliphatic heterocycles. The summed E-state index contributed by atoms with van der Waals surface area (Å²) in [5.41, 5.74) is 1.20. The van der Waals surface area contributed by atoms with E-state index in [1.54, 1.807) is 59.7 Å². The van der Waals surface area contributed by atoms with Crippen LogP contribution in [0.2, 0.25) is 5.02 Å². The lowest BCUT2D eigenvalue weighted by Crippen LogP contribution is -2.48. The van der Waals surface area contributed by atoms with Crippen LogP contribution in [0.5, 0.6) is 0 Å². The molecule has 1 saturated heterocycles. The van der Waals surface area contributed by atoms with E-state index in [1.807, 2.05) is 7.05 Å². The van der Waals surface area contributed by atoms with E-state index in [0.717, 1.165) is 35.2 Å². The molecule has 0 unspecified atom stereocenters. The SMILES string of the molecule is C/N=c1\scc(CN2CCN(C(=O)CCS(=O)(=O)c3ccc4cc(Cl)ccc4c3)CC2)n1C. The Balaban J connectivity index is 1.31. The molecule has 176 valence electrons. The Morgan fingerprint density at radius 1 is 1.09 bits per heavy atom. The van der Waals surface area contributed by atoms with E-state index >= 15 is 0 Å². The summed E-state index contributed by atoms with van der Waals surface area (Å²) in [5.74, 6) is -0.307. The highest BCUT2D eigenvalue weighted by molar-refractivity contribution is 7.91. The van der Waals surface area contributed by atoms with E-state index in [0.29, 0.717) is 18.1 Å². The summed E-state index contributed by atoms with van der Waals surface area (Å²) >= 11 is 7.62. The van der Waals surface area contributed by atoms with Crippen molar-refractivity contribution in [3.8, 4) is 0 Å². The Bertz CT molecular complexity index is 1340. The maximum atomic E-state index is 12.8. The van der Waals surface area contributed by atoms with Crippen LogP contribution in [0.3, 0.4) is 0 Å². The molecule has 33 heavy (non-hydrogen) atoms. The quantitative estimate of drug-likeness (QED) is 0.515. The van der Waals surface area contributed by atoms with Crippen molar-refractivity contribution in [1.29, 1.82) is 0 Å². The third-order valence-corrected chi connectivity index (χ3v) is 9.04. The molecule has 0 aliphatic carbocycles. The number of benzene rings is 2. The van der Waals surface area contributed by atoms with Crippen LogP contribution in [0.25, 0.3) is 10.8 Å². The van der Waals surface area contributed by atoms with E-state index in [9.17, 15) is 13.2 Å². The number of fused-ring (bicyclic) bond motifs is 1. The van der Waals surface area contributed by atoms with Gasteiger partial charge in [-0.25, -0.2) is 8.42 Å². The van der Waals surface area contributed by atoms with Gasteiger partial charge >= 0.3 is 0 Å². The van der Waals surface area contributed by atoms with E-state index < -0.39 is 9.84 Å². The van der Waals surface area contributed by atoms with Crippen LogP contribution in [-0.4, -0.2) is 67.7 Å². The van der Waals surface area contributed by atoms with Gasteiger partial charge in [0, 0.05) is 69.3 Å². The summed E-state index contributed by atoms with van der Waals surface area (Å²) in [7, 11) is 0.247. The number of carbonyl (C=O) groups excluding carboxylic acids is 1. The predicted octanol–water partition coefficient (Wildman–Crippen LogP) is 2.93. The van der Waals surface area contributed by atoms with Crippen molar-refractivity contribution < 1.29 is 13.2 Å². The zero-order valence-electron chi connectivity index (χ0n) is 18.7. The van der Waals surface area contributed by atoms with Crippen LogP contribution >= 0.6 is 22.9 Å². The normalized spacial score (nSPS) is 16.0. The summed E-state index contributed by atoms with van der Waals surface area (Å²) in [5, 5.41) is 4.41. The number of hydrogen-bond donors (Lipinski definition) is 0. The second-order valence-electron chi connectivity index (χ2n) is 8.17. The van der Waals surface area contributed by atoms with Gasteiger partial charge in [0.05, 0.1) is 10.6 Å². The molecule has 2 heterocycles. The smallest absolute Gasteiger partial charge is 0.223 e. The summed E-state index contributed by atoms with van der Waals surface area (Å²) in [6.45, 7) is 3.55. The molecule has 0 saturated carbocycles. The molecule has 0 atom stereocenters. The van der Waals surface area contributed by atoms with Gasteiger partial charge in [0.2, 0.25) is 5.91 Å². The van der Waals surface area contributed by atoms with E-state index in [-0.39, 0.29) is 23.0 Å². The van der Waals surface area contributed by atoms with Crippen molar-refractivity contribution in [3.05, 3.63) is 57.3 Å². The highest BCUT2D eigenvalue weighted by Crippen LogP contribution is 2.23. The van der Waals surface area contributed by atoms with Gasteiger partial charge in [-0.3, -0.25) is 14.7 Å². The standard InChI is InChI=1S/C23H27ClN4O3S2/c1-25-23-26(2)20(16-32-23)15-27-8-10-28(11-9-27)22(29)7-12-33(30,31)21-6-4-17-13-19(24)5-3-18(17)14-21/h3-6,13-14,16H,7-12,15H2,1-2H3/b25-23-. The van der Waals surface area contributed by atoms with Crippen molar-refractivity contribution in [2.24, 2.45) is 12.0 Å². The third-order valence-electron chi connectivity index (χ3n) is 6.04. The molecule has 2 aromatic carbocycles. The average molecular weight is 507 g/mol. The van der Waals surface area contributed by atoms with Crippen molar-refractivity contribution in [3.63, 3.8) is 0 Å². The van der Waals surface area contributed by atoms with Gasteiger partial charge in [-0.2, -0.15) is 0 Å². The Labute approximate surface area is 202 Å². The number of amides is 1. The molecule has 4 rings (SSSR count). The van der Waals surface area contributed by atoms with Crippen LogP contribution < -0.4 is 4.80 Å². The molecule has 1 amide bonds. The minimum absolute atomic E-state index is 0.0121. The fourth-order valence-corrected chi connectivity index (χ4v) is 6.31. The second kappa shape index (κ2) is 9.97. The first-order chi connectivity index (χ1) is 15.8. The number of thiazole rings is 1. The second-order valence-corrected chi connectivity index (χ2v) is 11.6. The number of carbonyl (C=O) groups is 1. The van der Waals surface area contributed by atoms with Crippen molar-refractivity contribution in [1.82, 2.24) is 14.4 Å². The summed E-state index contributed by atoms with van der Waals surface area (Å²) in [6.07, 6.45) is -0.0121. The highest BCUT2D eigenvalue weighted by Gasteiger charge is 2.24. The minimum atomic E-state index is -3.55. The number of sulfone groups is 1. The zero-order chi connectivity index (χ0) is 23.6. The van der Waals surface area contributed by atoms with Crippen LogP contribution in [-0.2, 0) is 28.2 Å². The van der Waals surface area contributed by atoms with Gasteiger partial charge in [-0.05, 0) is 35.0 Å². The average Bonchev–Trinajstić information content (AvgIpc) is 3.16. The molecule has 7 nitrogen and oxygen atoms in total. The van der Waals surface area contributed by atoms with Crippen molar-refractivity contribution in [2.45, 2.75) is 17.9 Å². The van der Waals surface area contributed by atoms with Gasteiger partial charge in [0.1, 0.15) is 0 Å². The third kappa shape index (κ3) is 5.48. The van der Waals surface area contributed by atoms with Gasteiger partial charge in [-0.1, -0.05) is 23.7 Å².